The number of rotatable bonds is 5. The minimum atomic E-state index is 0.0546. The van der Waals surface area contributed by atoms with Crippen molar-refractivity contribution in [1.29, 1.82) is 0 Å². The number of ether oxygens (including phenoxy) is 3. The van der Waals surface area contributed by atoms with E-state index in [2.05, 4.69) is 0 Å². The van der Waals surface area contributed by atoms with Crippen LogP contribution in [0.2, 0.25) is 0 Å². The molecule has 1 saturated heterocycles. The number of benzene rings is 1. The van der Waals surface area contributed by atoms with E-state index in [1.807, 2.05) is 35.3 Å². The summed E-state index contributed by atoms with van der Waals surface area (Å²) in [5, 5.41) is 0. The van der Waals surface area contributed by atoms with Gasteiger partial charge in [-0.05, 0) is 24.1 Å². The number of carbonyl (C=O) groups excluding carboxylic acids is 1. The second-order valence-electron chi connectivity index (χ2n) is 5.73. The summed E-state index contributed by atoms with van der Waals surface area (Å²) in [5.74, 6) is 2.04. The lowest BCUT2D eigenvalue weighted by Crippen LogP contribution is -2.27. The van der Waals surface area contributed by atoms with Crippen LogP contribution in [0.1, 0.15) is 12.0 Å². The van der Waals surface area contributed by atoms with Crippen molar-refractivity contribution in [3.8, 4) is 11.5 Å². The highest BCUT2D eigenvalue weighted by Crippen LogP contribution is 2.32. The molecule has 0 bridgehead atoms. The molecule has 122 valence electrons. The van der Waals surface area contributed by atoms with E-state index in [1.165, 1.54) is 0 Å². The van der Waals surface area contributed by atoms with E-state index in [1.54, 1.807) is 19.3 Å². The van der Waals surface area contributed by atoms with Gasteiger partial charge in [0, 0.05) is 32.2 Å². The molecular formula is C18H21NO4. The molecule has 0 aromatic heterocycles. The fraction of sp³-hybridized carbons (Fsp3) is 0.389. The van der Waals surface area contributed by atoms with E-state index in [-0.39, 0.29) is 12.7 Å². The third-order valence-corrected chi connectivity index (χ3v) is 4.04. The molecule has 2 aliphatic heterocycles. The summed E-state index contributed by atoms with van der Waals surface area (Å²) in [6.07, 6.45) is 8.19. The van der Waals surface area contributed by atoms with Crippen LogP contribution in [0.5, 0.6) is 11.5 Å². The SMILES string of the molecule is COCC1CCN(C(=O)C=CC=Cc2ccc3c(c2)OCO3)C1. The van der Waals surface area contributed by atoms with Crippen LogP contribution in [0.4, 0.5) is 0 Å². The van der Waals surface area contributed by atoms with Gasteiger partial charge in [0.2, 0.25) is 12.7 Å². The van der Waals surface area contributed by atoms with Crippen molar-refractivity contribution in [3.63, 3.8) is 0 Å². The Kier molecular flexibility index (Phi) is 4.98. The Morgan fingerprint density at radius 1 is 1.35 bits per heavy atom. The predicted molar refractivity (Wildman–Crippen MR) is 87.3 cm³/mol. The number of likely N-dealkylation sites (tertiary alicyclic amines) is 1. The highest BCUT2D eigenvalue weighted by molar-refractivity contribution is 5.88. The van der Waals surface area contributed by atoms with Crippen molar-refractivity contribution in [3.05, 3.63) is 42.0 Å². The van der Waals surface area contributed by atoms with Crippen molar-refractivity contribution in [1.82, 2.24) is 4.90 Å². The Balaban J connectivity index is 1.51. The van der Waals surface area contributed by atoms with Crippen molar-refractivity contribution < 1.29 is 19.0 Å². The van der Waals surface area contributed by atoms with Gasteiger partial charge in [0.15, 0.2) is 11.5 Å². The van der Waals surface area contributed by atoms with E-state index in [4.69, 9.17) is 14.2 Å². The van der Waals surface area contributed by atoms with Gasteiger partial charge in [-0.15, -0.1) is 0 Å². The van der Waals surface area contributed by atoms with Crippen molar-refractivity contribution in [2.24, 2.45) is 5.92 Å². The summed E-state index contributed by atoms with van der Waals surface area (Å²) in [6.45, 7) is 2.58. The van der Waals surface area contributed by atoms with Gasteiger partial charge in [-0.2, -0.15) is 0 Å². The van der Waals surface area contributed by atoms with Crippen LogP contribution >= 0.6 is 0 Å². The molecule has 3 rings (SSSR count). The van der Waals surface area contributed by atoms with E-state index in [0.717, 1.165) is 43.2 Å². The van der Waals surface area contributed by atoms with Gasteiger partial charge in [-0.25, -0.2) is 0 Å². The predicted octanol–water partition coefficient (Wildman–Crippen LogP) is 2.48. The van der Waals surface area contributed by atoms with E-state index in [9.17, 15) is 4.79 Å². The highest BCUT2D eigenvalue weighted by atomic mass is 16.7. The topological polar surface area (TPSA) is 48.0 Å². The number of hydrogen-bond acceptors (Lipinski definition) is 4. The fourth-order valence-corrected chi connectivity index (χ4v) is 2.83. The van der Waals surface area contributed by atoms with Crippen molar-refractivity contribution >= 4 is 12.0 Å². The third-order valence-electron chi connectivity index (χ3n) is 4.04. The highest BCUT2D eigenvalue weighted by Gasteiger charge is 2.24. The molecule has 1 aromatic rings. The first-order valence-corrected chi connectivity index (χ1v) is 7.78. The molecule has 0 N–H and O–H groups in total. The smallest absolute Gasteiger partial charge is 0.246 e. The Hall–Kier alpha value is -2.27. The maximum Gasteiger partial charge on any atom is 0.246 e. The maximum absolute atomic E-state index is 12.1. The molecule has 0 aliphatic carbocycles. The zero-order chi connectivity index (χ0) is 16.1. The second kappa shape index (κ2) is 7.33. The fourth-order valence-electron chi connectivity index (χ4n) is 2.83. The minimum absolute atomic E-state index is 0.0546. The second-order valence-corrected chi connectivity index (χ2v) is 5.73. The molecule has 5 heteroatoms. The largest absolute Gasteiger partial charge is 0.454 e. The summed E-state index contributed by atoms with van der Waals surface area (Å²) in [5.41, 5.74) is 1.01. The van der Waals surface area contributed by atoms with Crippen LogP contribution in [0, 0.1) is 5.92 Å². The quantitative estimate of drug-likeness (QED) is 0.619. The molecule has 0 saturated carbocycles. The van der Waals surface area contributed by atoms with Crippen molar-refractivity contribution in [2.45, 2.75) is 6.42 Å². The van der Waals surface area contributed by atoms with Crippen LogP contribution in [-0.4, -0.2) is 44.4 Å². The maximum atomic E-state index is 12.1. The summed E-state index contributed by atoms with van der Waals surface area (Å²) in [7, 11) is 1.70. The van der Waals surface area contributed by atoms with Gasteiger partial charge < -0.3 is 19.1 Å². The normalized spacial score (nSPS) is 20.0. The van der Waals surface area contributed by atoms with Crippen molar-refractivity contribution in [2.75, 3.05) is 33.6 Å². The van der Waals surface area contributed by atoms with Gasteiger partial charge in [-0.1, -0.05) is 24.3 Å². The summed E-state index contributed by atoms with van der Waals surface area (Å²) in [4.78, 5) is 14.0. The minimum Gasteiger partial charge on any atom is -0.454 e. The van der Waals surface area contributed by atoms with Gasteiger partial charge in [-0.3, -0.25) is 4.79 Å². The lowest BCUT2D eigenvalue weighted by molar-refractivity contribution is -0.125. The zero-order valence-electron chi connectivity index (χ0n) is 13.2. The summed E-state index contributed by atoms with van der Waals surface area (Å²) < 4.78 is 15.8. The lowest BCUT2D eigenvalue weighted by atomic mass is 10.1. The first-order valence-electron chi connectivity index (χ1n) is 7.78. The number of fused-ring (bicyclic) bond motifs is 1. The van der Waals surface area contributed by atoms with Gasteiger partial charge >= 0.3 is 0 Å². The van der Waals surface area contributed by atoms with Gasteiger partial charge in [0.1, 0.15) is 0 Å². The van der Waals surface area contributed by atoms with Crippen LogP contribution < -0.4 is 9.47 Å². The Bertz CT molecular complexity index is 623. The lowest BCUT2D eigenvalue weighted by Gasteiger charge is -2.13. The molecule has 2 aliphatic rings. The molecule has 1 unspecified atom stereocenters. The average Bonchev–Trinajstić information content (AvgIpc) is 3.20. The summed E-state index contributed by atoms with van der Waals surface area (Å²) in [6, 6.07) is 5.76. The molecule has 1 fully saturated rings. The Labute approximate surface area is 136 Å². The third kappa shape index (κ3) is 3.93. The van der Waals surface area contributed by atoms with Gasteiger partial charge in [0.25, 0.3) is 0 Å². The van der Waals surface area contributed by atoms with Gasteiger partial charge in [0.05, 0.1) is 6.61 Å². The number of methoxy groups -OCH3 is 1. The molecule has 1 atom stereocenters. The Morgan fingerprint density at radius 3 is 3.09 bits per heavy atom. The number of allylic oxidation sites excluding steroid dienone is 2. The van der Waals surface area contributed by atoms with Crippen LogP contribution in [0.15, 0.2) is 36.4 Å². The summed E-state index contributed by atoms with van der Waals surface area (Å²) >= 11 is 0. The number of carbonyl (C=O) groups is 1. The molecule has 1 aromatic carbocycles. The molecule has 0 spiro atoms. The number of amides is 1. The van der Waals surface area contributed by atoms with E-state index < -0.39 is 0 Å². The number of nitrogens with zero attached hydrogens (tertiary/aromatic N) is 1. The first-order chi connectivity index (χ1) is 11.3. The molecule has 23 heavy (non-hydrogen) atoms. The Morgan fingerprint density at radius 2 is 2.22 bits per heavy atom. The molecule has 0 radical (unpaired) electrons. The van der Waals surface area contributed by atoms with Crippen LogP contribution in [0.3, 0.4) is 0 Å². The first kappa shape index (κ1) is 15.6. The average molecular weight is 315 g/mol. The van der Waals surface area contributed by atoms with Crippen LogP contribution in [-0.2, 0) is 9.53 Å². The molecule has 5 nitrogen and oxygen atoms in total. The van der Waals surface area contributed by atoms with E-state index in [0.29, 0.717) is 5.92 Å². The monoisotopic (exact) mass is 315 g/mol. The number of hydrogen-bond donors (Lipinski definition) is 0. The molecule has 2 heterocycles. The van der Waals surface area contributed by atoms with E-state index >= 15 is 0 Å². The molecular weight excluding hydrogens is 294 g/mol. The van der Waals surface area contributed by atoms with Crippen LogP contribution in [0.25, 0.3) is 6.08 Å². The standard InChI is InChI=1S/C18H21NO4/c1-21-12-15-8-9-19(11-15)18(20)5-3-2-4-14-6-7-16-17(10-14)23-13-22-16/h2-7,10,15H,8-9,11-13H2,1H3. The zero-order valence-corrected chi connectivity index (χ0v) is 13.2. The molecule has 1 amide bonds.